The van der Waals surface area contributed by atoms with Gasteiger partial charge in [0.2, 0.25) is 0 Å². The highest BCUT2D eigenvalue weighted by molar-refractivity contribution is 5.69. The van der Waals surface area contributed by atoms with Crippen LogP contribution in [0.15, 0.2) is 0 Å². The molecule has 8 heteroatoms. The summed E-state index contributed by atoms with van der Waals surface area (Å²) in [7, 11) is 0. The lowest BCUT2D eigenvalue weighted by Crippen LogP contribution is -2.10. The Balaban J connectivity index is 3.33. The minimum Gasteiger partial charge on any atom is -0.481 e. The van der Waals surface area contributed by atoms with Gasteiger partial charge in [0.05, 0.1) is 13.2 Å². The molecule has 0 aromatic carbocycles. The van der Waals surface area contributed by atoms with Gasteiger partial charge in [-0.15, -0.1) is 0 Å². The molecule has 0 heterocycles. The predicted molar refractivity (Wildman–Crippen MR) is 116 cm³/mol. The first-order valence-electron chi connectivity index (χ1n) is 11.7. The molecule has 180 valence electrons. The smallest absolute Gasteiger partial charge is 0.305 e. The van der Waals surface area contributed by atoms with E-state index in [1.165, 1.54) is 0 Å². The second-order valence-electron chi connectivity index (χ2n) is 7.82. The lowest BCUT2D eigenvalue weighted by atomic mass is 10.1. The number of carboxylic acid groups (broad SMARTS) is 2. The summed E-state index contributed by atoms with van der Waals surface area (Å²) in [6, 6.07) is 0. The number of carboxylic acids is 2. The molecule has 2 N–H and O–H groups in total. The standard InChI is InChI=1S/C23H40O8/c24-20(25)14-9-5-1-3-7-11-16-22(28)30-18-13-19-31-23(29)17-12-8-4-2-6-10-15-21(26)27/h1-19H2,(H,24,25)(H,26,27). The monoisotopic (exact) mass is 444 g/mol. The van der Waals surface area contributed by atoms with Gasteiger partial charge in [0.1, 0.15) is 0 Å². The van der Waals surface area contributed by atoms with Gasteiger partial charge in [0.25, 0.3) is 0 Å². The molecule has 0 fully saturated rings. The van der Waals surface area contributed by atoms with Gasteiger partial charge in [0, 0.05) is 32.1 Å². The number of carbonyl (C=O) groups is 4. The van der Waals surface area contributed by atoms with Crippen molar-refractivity contribution in [2.45, 2.75) is 109 Å². The van der Waals surface area contributed by atoms with Crippen molar-refractivity contribution in [2.24, 2.45) is 0 Å². The largest absolute Gasteiger partial charge is 0.481 e. The van der Waals surface area contributed by atoms with E-state index in [0.29, 0.717) is 32.1 Å². The number of carbonyl (C=O) groups excluding carboxylic acids is 2. The fraction of sp³-hybridized carbons (Fsp3) is 0.826. The van der Waals surface area contributed by atoms with Crippen LogP contribution >= 0.6 is 0 Å². The summed E-state index contributed by atoms with van der Waals surface area (Å²) < 4.78 is 10.2. The predicted octanol–water partition coefficient (Wildman–Crippen LogP) is 4.87. The third kappa shape index (κ3) is 24.0. The quantitative estimate of drug-likeness (QED) is 0.179. The number of rotatable bonds is 22. The molecule has 0 saturated carbocycles. The Bertz CT molecular complexity index is 460. The highest BCUT2D eigenvalue weighted by atomic mass is 16.5. The Kier molecular flexibility index (Phi) is 19.7. The van der Waals surface area contributed by atoms with Gasteiger partial charge in [0.15, 0.2) is 0 Å². The van der Waals surface area contributed by atoms with Crippen LogP contribution in [-0.4, -0.2) is 47.3 Å². The summed E-state index contributed by atoms with van der Waals surface area (Å²) in [4.78, 5) is 44.0. The lowest BCUT2D eigenvalue weighted by Gasteiger charge is -2.07. The number of aliphatic carboxylic acids is 2. The summed E-state index contributed by atoms with van der Waals surface area (Å²) in [6.45, 7) is 0.495. The number of unbranched alkanes of at least 4 members (excludes halogenated alkanes) is 10. The van der Waals surface area contributed by atoms with E-state index >= 15 is 0 Å². The zero-order valence-electron chi connectivity index (χ0n) is 18.8. The summed E-state index contributed by atoms with van der Waals surface area (Å²) in [5.74, 6) is -1.98. The van der Waals surface area contributed by atoms with Crippen LogP contribution in [0.1, 0.15) is 109 Å². The molecule has 8 nitrogen and oxygen atoms in total. The highest BCUT2D eigenvalue weighted by Gasteiger charge is 2.05. The minimum absolute atomic E-state index is 0.221. The Morgan fingerprint density at radius 1 is 0.419 bits per heavy atom. The van der Waals surface area contributed by atoms with Gasteiger partial charge in [-0.25, -0.2) is 0 Å². The van der Waals surface area contributed by atoms with Crippen LogP contribution in [0, 0.1) is 0 Å². The normalized spacial score (nSPS) is 10.6. The maximum atomic E-state index is 11.6. The first-order chi connectivity index (χ1) is 14.9. The first kappa shape index (κ1) is 28.9. The van der Waals surface area contributed by atoms with Crippen LogP contribution < -0.4 is 0 Å². The van der Waals surface area contributed by atoms with Crippen molar-refractivity contribution in [1.82, 2.24) is 0 Å². The molecule has 0 bridgehead atoms. The number of hydrogen-bond acceptors (Lipinski definition) is 6. The van der Waals surface area contributed by atoms with Crippen molar-refractivity contribution in [3.05, 3.63) is 0 Å². The van der Waals surface area contributed by atoms with E-state index in [1.54, 1.807) is 0 Å². The summed E-state index contributed by atoms with van der Waals surface area (Å²) >= 11 is 0. The maximum Gasteiger partial charge on any atom is 0.305 e. The molecule has 0 atom stereocenters. The van der Waals surface area contributed by atoms with Crippen LogP contribution in [0.5, 0.6) is 0 Å². The van der Waals surface area contributed by atoms with Crippen molar-refractivity contribution in [3.63, 3.8) is 0 Å². The van der Waals surface area contributed by atoms with Gasteiger partial charge in [-0.2, -0.15) is 0 Å². The number of hydrogen-bond donors (Lipinski definition) is 2. The molecular formula is C23H40O8. The molecule has 0 unspecified atom stereocenters. The summed E-state index contributed by atoms with van der Waals surface area (Å²) in [6.07, 6.45) is 12.3. The van der Waals surface area contributed by atoms with Gasteiger partial charge >= 0.3 is 23.9 Å². The molecule has 0 saturated heterocycles. The maximum absolute atomic E-state index is 11.6. The molecule has 0 amide bonds. The fourth-order valence-electron chi connectivity index (χ4n) is 3.08. The molecule has 31 heavy (non-hydrogen) atoms. The average molecular weight is 445 g/mol. The molecule has 0 aliphatic carbocycles. The molecule has 0 rings (SSSR count). The molecule has 0 radical (unpaired) electrons. The second kappa shape index (κ2) is 21.1. The number of ether oxygens (including phenoxy) is 2. The number of esters is 2. The van der Waals surface area contributed by atoms with Gasteiger partial charge < -0.3 is 19.7 Å². The van der Waals surface area contributed by atoms with Crippen LogP contribution in [0.4, 0.5) is 0 Å². The fourth-order valence-corrected chi connectivity index (χ4v) is 3.08. The van der Waals surface area contributed by atoms with Crippen molar-refractivity contribution in [1.29, 1.82) is 0 Å². The second-order valence-corrected chi connectivity index (χ2v) is 7.82. The van der Waals surface area contributed by atoms with Crippen molar-refractivity contribution < 1.29 is 38.9 Å². The zero-order chi connectivity index (χ0) is 23.2. The molecule has 0 spiro atoms. The molecule has 0 aromatic rings. The van der Waals surface area contributed by atoms with Gasteiger partial charge in [-0.05, 0) is 25.7 Å². The Morgan fingerprint density at radius 2 is 0.710 bits per heavy atom. The van der Waals surface area contributed by atoms with Crippen molar-refractivity contribution in [3.8, 4) is 0 Å². The molecule has 0 aromatic heterocycles. The van der Waals surface area contributed by atoms with Gasteiger partial charge in [-0.3, -0.25) is 19.2 Å². The highest BCUT2D eigenvalue weighted by Crippen LogP contribution is 2.10. The van der Waals surface area contributed by atoms with E-state index in [4.69, 9.17) is 19.7 Å². The Labute approximate surface area is 185 Å². The SMILES string of the molecule is O=C(O)CCCCCCCCC(=O)OCCCOC(=O)CCCCCCCCC(=O)O. The van der Waals surface area contributed by atoms with E-state index in [-0.39, 0.29) is 38.0 Å². The first-order valence-corrected chi connectivity index (χ1v) is 11.7. The van der Waals surface area contributed by atoms with Crippen LogP contribution in [0.3, 0.4) is 0 Å². The van der Waals surface area contributed by atoms with E-state index in [0.717, 1.165) is 64.2 Å². The van der Waals surface area contributed by atoms with Gasteiger partial charge in [-0.1, -0.05) is 51.4 Å². The minimum atomic E-state index is -0.754. The van der Waals surface area contributed by atoms with Crippen molar-refractivity contribution in [2.75, 3.05) is 13.2 Å². The molecular weight excluding hydrogens is 404 g/mol. The third-order valence-electron chi connectivity index (χ3n) is 4.86. The average Bonchev–Trinajstić information content (AvgIpc) is 2.71. The summed E-state index contributed by atoms with van der Waals surface area (Å²) in [5, 5.41) is 17.1. The van der Waals surface area contributed by atoms with E-state index < -0.39 is 11.9 Å². The van der Waals surface area contributed by atoms with Crippen LogP contribution in [-0.2, 0) is 28.7 Å². The molecule has 0 aliphatic heterocycles. The van der Waals surface area contributed by atoms with Crippen LogP contribution in [0.25, 0.3) is 0 Å². The summed E-state index contributed by atoms with van der Waals surface area (Å²) in [5.41, 5.74) is 0. The third-order valence-corrected chi connectivity index (χ3v) is 4.86. The Morgan fingerprint density at radius 3 is 1.03 bits per heavy atom. The zero-order valence-corrected chi connectivity index (χ0v) is 18.8. The lowest BCUT2D eigenvalue weighted by molar-refractivity contribution is -0.146. The van der Waals surface area contributed by atoms with Crippen molar-refractivity contribution >= 4 is 23.9 Å². The van der Waals surface area contributed by atoms with E-state index in [2.05, 4.69) is 0 Å². The van der Waals surface area contributed by atoms with E-state index in [1.807, 2.05) is 0 Å². The van der Waals surface area contributed by atoms with E-state index in [9.17, 15) is 19.2 Å². The van der Waals surface area contributed by atoms with Crippen LogP contribution in [0.2, 0.25) is 0 Å². The molecule has 0 aliphatic rings. The topological polar surface area (TPSA) is 127 Å². The Hall–Kier alpha value is -2.12.